The quantitative estimate of drug-likeness (QED) is 0.714. The van der Waals surface area contributed by atoms with Gasteiger partial charge in [-0.15, -0.1) is 0 Å². The standard InChI is InChI=1S/C14H24N2O4/c17-13(18)12(10-5-2-1-3-6-10)16-14(19)15-9-11-7-4-8-20-11/h10-12H,1-9H2,(H,17,18)(H2,15,16,19). The number of aliphatic carboxylic acids is 1. The van der Waals surface area contributed by atoms with E-state index in [1.54, 1.807) is 0 Å². The Morgan fingerprint density at radius 1 is 1.15 bits per heavy atom. The van der Waals surface area contributed by atoms with Crippen LogP contribution in [0, 0.1) is 5.92 Å². The highest BCUT2D eigenvalue weighted by Crippen LogP contribution is 2.26. The van der Waals surface area contributed by atoms with Crippen LogP contribution in [0.3, 0.4) is 0 Å². The van der Waals surface area contributed by atoms with Crippen molar-refractivity contribution in [2.24, 2.45) is 5.92 Å². The highest BCUT2D eigenvalue weighted by Gasteiger charge is 2.30. The SMILES string of the molecule is O=C(NCC1CCCO1)NC(C(=O)O)C1CCCCC1. The molecule has 1 saturated heterocycles. The summed E-state index contributed by atoms with van der Waals surface area (Å²) in [6, 6.07) is -1.18. The molecule has 2 unspecified atom stereocenters. The maximum Gasteiger partial charge on any atom is 0.326 e. The van der Waals surface area contributed by atoms with E-state index in [1.165, 1.54) is 0 Å². The van der Waals surface area contributed by atoms with Crippen molar-refractivity contribution in [1.82, 2.24) is 10.6 Å². The van der Waals surface area contributed by atoms with Gasteiger partial charge in [0.2, 0.25) is 0 Å². The number of rotatable bonds is 5. The Bertz CT molecular complexity index is 336. The largest absolute Gasteiger partial charge is 0.480 e. The van der Waals surface area contributed by atoms with Gasteiger partial charge in [-0.1, -0.05) is 19.3 Å². The van der Waals surface area contributed by atoms with Crippen LogP contribution in [0.1, 0.15) is 44.9 Å². The maximum atomic E-state index is 11.8. The molecule has 0 aromatic carbocycles. The number of amides is 2. The molecule has 1 saturated carbocycles. The zero-order chi connectivity index (χ0) is 14.4. The van der Waals surface area contributed by atoms with E-state index in [1.807, 2.05) is 0 Å². The van der Waals surface area contributed by atoms with E-state index in [-0.39, 0.29) is 12.0 Å². The smallest absolute Gasteiger partial charge is 0.326 e. The molecule has 0 spiro atoms. The highest BCUT2D eigenvalue weighted by atomic mass is 16.5. The number of nitrogens with one attached hydrogen (secondary N) is 2. The van der Waals surface area contributed by atoms with Gasteiger partial charge in [0, 0.05) is 13.2 Å². The van der Waals surface area contributed by atoms with Crippen molar-refractivity contribution in [3.05, 3.63) is 0 Å². The molecule has 2 amide bonds. The average molecular weight is 284 g/mol. The zero-order valence-electron chi connectivity index (χ0n) is 11.8. The summed E-state index contributed by atoms with van der Waals surface area (Å²) in [5.41, 5.74) is 0. The molecule has 0 radical (unpaired) electrons. The van der Waals surface area contributed by atoms with Gasteiger partial charge in [-0.05, 0) is 31.6 Å². The van der Waals surface area contributed by atoms with E-state index in [2.05, 4.69) is 10.6 Å². The van der Waals surface area contributed by atoms with Gasteiger partial charge in [0.25, 0.3) is 0 Å². The third kappa shape index (κ3) is 4.37. The van der Waals surface area contributed by atoms with Crippen molar-refractivity contribution >= 4 is 12.0 Å². The first-order valence-corrected chi connectivity index (χ1v) is 7.55. The minimum atomic E-state index is -0.941. The molecular weight excluding hydrogens is 260 g/mol. The van der Waals surface area contributed by atoms with Crippen LogP contribution in [0.2, 0.25) is 0 Å². The monoisotopic (exact) mass is 284 g/mol. The number of carbonyl (C=O) groups is 2. The minimum Gasteiger partial charge on any atom is -0.480 e. The number of hydrogen-bond donors (Lipinski definition) is 3. The molecule has 6 nitrogen and oxygen atoms in total. The molecule has 2 fully saturated rings. The molecule has 3 N–H and O–H groups in total. The van der Waals surface area contributed by atoms with Gasteiger partial charge in [-0.25, -0.2) is 9.59 Å². The van der Waals surface area contributed by atoms with Crippen LogP contribution in [-0.4, -0.2) is 42.4 Å². The average Bonchev–Trinajstić information content (AvgIpc) is 2.96. The Kier molecular flexibility index (Phi) is 5.64. The van der Waals surface area contributed by atoms with Crippen LogP contribution in [-0.2, 0) is 9.53 Å². The molecule has 0 bridgehead atoms. The van der Waals surface area contributed by atoms with Crippen LogP contribution in [0.5, 0.6) is 0 Å². The predicted octanol–water partition coefficient (Wildman–Crippen LogP) is 1.50. The first-order chi connectivity index (χ1) is 9.66. The lowest BCUT2D eigenvalue weighted by Gasteiger charge is -2.28. The molecule has 2 aliphatic rings. The van der Waals surface area contributed by atoms with Crippen molar-refractivity contribution in [3.8, 4) is 0 Å². The van der Waals surface area contributed by atoms with Crippen molar-refractivity contribution in [1.29, 1.82) is 0 Å². The Morgan fingerprint density at radius 2 is 1.90 bits per heavy atom. The van der Waals surface area contributed by atoms with E-state index >= 15 is 0 Å². The number of carboxylic acids is 1. The number of urea groups is 1. The highest BCUT2D eigenvalue weighted by molar-refractivity contribution is 5.82. The summed E-state index contributed by atoms with van der Waals surface area (Å²) in [5, 5.41) is 14.6. The summed E-state index contributed by atoms with van der Waals surface area (Å²) in [6.45, 7) is 1.19. The van der Waals surface area contributed by atoms with Gasteiger partial charge in [0.15, 0.2) is 0 Å². The Hall–Kier alpha value is -1.30. The van der Waals surface area contributed by atoms with Gasteiger partial charge in [0.05, 0.1) is 6.10 Å². The first kappa shape index (κ1) is 15.1. The minimum absolute atomic E-state index is 0.0507. The summed E-state index contributed by atoms with van der Waals surface area (Å²) < 4.78 is 5.41. The second kappa shape index (κ2) is 7.47. The first-order valence-electron chi connectivity index (χ1n) is 7.55. The number of hydrogen-bond acceptors (Lipinski definition) is 3. The molecule has 6 heteroatoms. The maximum absolute atomic E-state index is 11.8. The fourth-order valence-electron chi connectivity index (χ4n) is 3.05. The molecule has 0 aromatic rings. The second-order valence-corrected chi connectivity index (χ2v) is 5.70. The topological polar surface area (TPSA) is 87.7 Å². The predicted molar refractivity (Wildman–Crippen MR) is 73.5 cm³/mol. The molecule has 0 aromatic heterocycles. The van der Waals surface area contributed by atoms with Crippen LogP contribution in [0.15, 0.2) is 0 Å². The molecule has 1 heterocycles. The van der Waals surface area contributed by atoms with E-state index < -0.39 is 18.0 Å². The fraction of sp³-hybridized carbons (Fsp3) is 0.857. The van der Waals surface area contributed by atoms with Crippen LogP contribution in [0.25, 0.3) is 0 Å². The summed E-state index contributed by atoms with van der Waals surface area (Å²) in [4.78, 5) is 23.1. The van der Waals surface area contributed by atoms with Gasteiger partial charge in [-0.3, -0.25) is 0 Å². The Balaban J connectivity index is 1.77. The van der Waals surface area contributed by atoms with Crippen molar-refractivity contribution in [2.45, 2.75) is 57.1 Å². The summed E-state index contributed by atoms with van der Waals surface area (Å²) >= 11 is 0. The third-order valence-corrected chi connectivity index (χ3v) is 4.19. The number of carboxylic acid groups (broad SMARTS) is 1. The molecule has 114 valence electrons. The molecule has 1 aliphatic heterocycles. The van der Waals surface area contributed by atoms with Gasteiger partial charge in [-0.2, -0.15) is 0 Å². The lowest BCUT2D eigenvalue weighted by molar-refractivity contribution is -0.141. The molecule has 2 rings (SSSR count). The molecule has 20 heavy (non-hydrogen) atoms. The van der Waals surface area contributed by atoms with Crippen molar-refractivity contribution in [2.75, 3.05) is 13.2 Å². The van der Waals surface area contributed by atoms with Crippen LogP contribution in [0.4, 0.5) is 4.79 Å². The number of ether oxygens (including phenoxy) is 1. The number of carbonyl (C=O) groups excluding carboxylic acids is 1. The van der Waals surface area contributed by atoms with Gasteiger partial charge >= 0.3 is 12.0 Å². The zero-order valence-corrected chi connectivity index (χ0v) is 11.8. The van der Waals surface area contributed by atoms with Crippen molar-refractivity contribution < 1.29 is 19.4 Å². The van der Waals surface area contributed by atoms with Crippen LogP contribution < -0.4 is 10.6 Å². The molecule has 2 atom stereocenters. The van der Waals surface area contributed by atoms with E-state index in [9.17, 15) is 14.7 Å². The fourth-order valence-corrected chi connectivity index (χ4v) is 3.05. The summed E-state index contributed by atoms with van der Waals surface area (Å²) in [7, 11) is 0. The van der Waals surface area contributed by atoms with E-state index in [0.717, 1.165) is 51.6 Å². The van der Waals surface area contributed by atoms with Gasteiger partial charge in [0.1, 0.15) is 6.04 Å². The van der Waals surface area contributed by atoms with Gasteiger partial charge < -0.3 is 20.5 Å². The lowest BCUT2D eigenvalue weighted by Crippen LogP contribution is -2.51. The Labute approximate surface area is 119 Å². The summed E-state index contributed by atoms with van der Waals surface area (Å²) in [6.07, 6.45) is 7.05. The summed E-state index contributed by atoms with van der Waals surface area (Å²) in [5.74, 6) is -0.890. The van der Waals surface area contributed by atoms with Crippen molar-refractivity contribution in [3.63, 3.8) is 0 Å². The van der Waals surface area contributed by atoms with Crippen LogP contribution >= 0.6 is 0 Å². The third-order valence-electron chi connectivity index (χ3n) is 4.19. The van der Waals surface area contributed by atoms with E-state index in [4.69, 9.17) is 4.74 Å². The normalized spacial score (nSPS) is 25.1. The van der Waals surface area contributed by atoms with E-state index in [0.29, 0.717) is 6.54 Å². The lowest BCUT2D eigenvalue weighted by atomic mass is 9.84. The Morgan fingerprint density at radius 3 is 2.50 bits per heavy atom. The molecule has 1 aliphatic carbocycles. The second-order valence-electron chi connectivity index (χ2n) is 5.70. The molecular formula is C14H24N2O4.